The van der Waals surface area contributed by atoms with Gasteiger partial charge in [0.1, 0.15) is 0 Å². The van der Waals surface area contributed by atoms with Crippen molar-refractivity contribution in [2.24, 2.45) is 22.4 Å². The Balaban J connectivity index is 1.70. The highest BCUT2D eigenvalue weighted by Gasteiger charge is 2.06. The molecule has 0 atom stereocenters. The molecule has 1 N–H and O–H groups in total. The number of imidazole rings is 1. The van der Waals surface area contributed by atoms with E-state index in [4.69, 9.17) is 0 Å². The SMILES string of the molecule is CC(N=Nc1nc2ccccc2n1C)=NNc1ccc([N+](=O)[O-])cc1. The summed E-state index contributed by atoms with van der Waals surface area (Å²) in [5.74, 6) is 0.872. The number of non-ortho nitro benzene ring substituents is 1. The molecule has 1 aromatic heterocycles. The minimum absolute atomic E-state index is 0.0211. The van der Waals surface area contributed by atoms with Crippen LogP contribution in [0.1, 0.15) is 6.92 Å². The molecule has 25 heavy (non-hydrogen) atoms. The van der Waals surface area contributed by atoms with Crippen molar-refractivity contribution in [1.29, 1.82) is 0 Å². The smallest absolute Gasteiger partial charge is 0.269 e. The monoisotopic (exact) mass is 337 g/mol. The van der Waals surface area contributed by atoms with Crippen molar-refractivity contribution in [1.82, 2.24) is 9.55 Å². The summed E-state index contributed by atoms with van der Waals surface area (Å²) < 4.78 is 1.84. The number of aromatic nitrogens is 2. The number of benzene rings is 2. The number of nitro groups is 1. The minimum Gasteiger partial charge on any atom is -0.310 e. The molecular formula is C16H15N7O2. The van der Waals surface area contributed by atoms with Crippen molar-refractivity contribution in [3.8, 4) is 0 Å². The molecule has 0 saturated carbocycles. The van der Waals surface area contributed by atoms with Gasteiger partial charge < -0.3 is 4.57 Å². The number of hydrogen-bond acceptors (Lipinski definition) is 6. The Morgan fingerprint density at radius 1 is 1.20 bits per heavy atom. The topological polar surface area (TPSA) is 110 Å². The lowest BCUT2D eigenvalue weighted by Crippen LogP contribution is -1.95. The zero-order valence-electron chi connectivity index (χ0n) is 13.6. The van der Waals surface area contributed by atoms with Crippen molar-refractivity contribution in [2.45, 2.75) is 6.92 Å². The fourth-order valence-electron chi connectivity index (χ4n) is 2.16. The molecule has 0 aliphatic carbocycles. The molecule has 2 aromatic carbocycles. The van der Waals surface area contributed by atoms with Gasteiger partial charge in [-0.05, 0) is 31.2 Å². The number of hydrogen-bond donors (Lipinski definition) is 1. The average molecular weight is 337 g/mol. The van der Waals surface area contributed by atoms with Crippen molar-refractivity contribution >= 4 is 34.2 Å². The third kappa shape index (κ3) is 3.66. The Morgan fingerprint density at radius 2 is 1.92 bits per heavy atom. The van der Waals surface area contributed by atoms with Gasteiger partial charge in [0, 0.05) is 19.2 Å². The molecule has 0 aliphatic rings. The number of nitrogens with zero attached hydrogens (tertiary/aromatic N) is 6. The van der Waals surface area contributed by atoms with Crippen LogP contribution in [0.4, 0.5) is 17.3 Å². The molecule has 0 amide bonds. The van der Waals surface area contributed by atoms with Crippen LogP contribution in [0, 0.1) is 10.1 Å². The Labute approximate surface area is 142 Å². The Kier molecular flexibility index (Phi) is 4.46. The molecule has 0 saturated heterocycles. The first-order chi connectivity index (χ1) is 12.0. The molecule has 0 unspecified atom stereocenters. The zero-order valence-corrected chi connectivity index (χ0v) is 13.6. The lowest BCUT2D eigenvalue weighted by atomic mass is 10.3. The number of rotatable bonds is 4. The van der Waals surface area contributed by atoms with Crippen molar-refractivity contribution in [3.63, 3.8) is 0 Å². The van der Waals surface area contributed by atoms with Gasteiger partial charge in [0.05, 0.1) is 21.6 Å². The lowest BCUT2D eigenvalue weighted by Gasteiger charge is -2.00. The van der Waals surface area contributed by atoms with E-state index in [1.54, 1.807) is 19.1 Å². The number of anilines is 1. The zero-order chi connectivity index (χ0) is 17.8. The predicted molar refractivity (Wildman–Crippen MR) is 95.1 cm³/mol. The summed E-state index contributed by atoms with van der Waals surface area (Å²) in [6.07, 6.45) is 0. The van der Waals surface area contributed by atoms with Crippen LogP contribution >= 0.6 is 0 Å². The average Bonchev–Trinajstić information content (AvgIpc) is 2.95. The van der Waals surface area contributed by atoms with Gasteiger partial charge >= 0.3 is 0 Å². The van der Waals surface area contributed by atoms with Crippen molar-refractivity contribution < 1.29 is 4.92 Å². The van der Waals surface area contributed by atoms with Crippen molar-refractivity contribution in [3.05, 3.63) is 58.6 Å². The standard InChI is InChI=1S/C16H15N7O2/c1-11(18-20-12-7-9-13(10-8-12)23(24)25)19-21-16-17-14-5-3-4-6-15(14)22(16)2/h3-10,20H,1-2H3. The molecule has 0 radical (unpaired) electrons. The van der Waals surface area contributed by atoms with E-state index in [2.05, 4.69) is 25.7 Å². The van der Waals surface area contributed by atoms with Crippen LogP contribution in [-0.4, -0.2) is 20.3 Å². The molecule has 126 valence electrons. The van der Waals surface area contributed by atoms with Gasteiger partial charge in [0.2, 0.25) is 5.95 Å². The molecule has 0 bridgehead atoms. The number of nitro benzene ring substituents is 1. The lowest BCUT2D eigenvalue weighted by molar-refractivity contribution is -0.384. The normalized spacial score (nSPS) is 12.0. The van der Waals surface area contributed by atoms with Gasteiger partial charge in [-0.25, -0.2) is 4.98 Å². The Bertz CT molecular complexity index is 974. The van der Waals surface area contributed by atoms with Crippen LogP contribution in [0.2, 0.25) is 0 Å². The second kappa shape index (κ2) is 6.87. The van der Waals surface area contributed by atoms with E-state index in [0.29, 0.717) is 17.5 Å². The van der Waals surface area contributed by atoms with E-state index < -0.39 is 4.92 Å². The van der Waals surface area contributed by atoms with E-state index >= 15 is 0 Å². The minimum atomic E-state index is -0.455. The molecule has 0 aliphatic heterocycles. The molecule has 0 fully saturated rings. The number of azo groups is 1. The van der Waals surface area contributed by atoms with E-state index in [-0.39, 0.29) is 5.69 Å². The van der Waals surface area contributed by atoms with Crippen molar-refractivity contribution in [2.75, 3.05) is 5.43 Å². The van der Waals surface area contributed by atoms with Gasteiger partial charge in [-0.15, -0.1) is 10.2 Å². The summed E-state index contributed by atoms with van der Waals surface area (Å²) in [4.78, 5) is 14.5. The van der Waals surface area contributed by atoms with Gasteiger partial charge in [-0.1, -0.05) is 12.1 Å². The second-order valence-electron chi connectivity index (χ2n) is 5.23. The van der Waals surface area contributed by atoms with Gasteiger partial charge in [-0.3, -0.25) is 15.5 Å². The third-order valence-electron chi connectivity index (χ3n) is 3.47. The summed E-state index contributed by atoms with van der Waals surface area (Å²) in [5, 5.41) is 22.8. The molecule has 3 aromatic rings. The van der Waals surface area contributed by atoms with Crippen LogP contribution in [0.15, 0.2) is 63.9 Å². The van der Waals surface area contributed by atoms with Crippen LogP contribution in [0.5, 0.6) is 0 Å². The summed E-state index contributed by atoms with van der Waals surface area (Å²) >= 11 is 0. The maximum Gasteiger partial charge on any atom is 0.269 e. The molecule has 1 heterocycles. The number of amidine groups is 1. The maximum absolute atomic E-state index is 10.6. The second-order valence-corrected chi connectivity index (χ2v) is 5.23. The molecule has 9 nitrogen and oxygen atoms in total. The van der Waals surface area contributed by atoms with Gasteiger partial charge in [0.15, 0.2) is 5.84 Å². The first-order valence-electron chi connectivity index (χ1n) is 7.42. The molecule has 9 heteroatoms. The Morgan fingerprint density at radius 3 is 2.60 bits per heavy atom. The first kappa shape index (κ1) is 16.2. The van der Waals surface area contributed by atoms with Crippen LogP contribution in [0.25, 0.3) is 11.0 Å². The molecular weight excluding hydrogens is 322 g/mol. The summed E-state index contributed by atoms with van der Waals surface area (Å²) in [6, 6.07) is 13.6. The number of fused-ring (bicyclic) bond motifs is 1. The fourth-order valence-corrected chi connectivity index (χ4v) is 2.16. The molecule has 0 spiro atoms. The quantitative estimate of drug-likeness (QED) is 0.255. The number of hydrazone groups is 1. The first-order valence-corrected chi connectivity index (χ1v) is 7.42. The van der Waals surface area contributed by atoms with E-state index in [1.165, 1.54) is 12.1 Å². The highest BCUT2D eigenvalue weighted by atomic mass is 16.6. The van der Waals surface area contributed by atoms with Gasteiger partial charge in [-0.2, -0.15) is 5.10 Å². The summed E-state index contributed by atoms with van der Waals surface area (Å²) in [6.45, 7) is 1.69. The predicted octanol–water partition coefficient (Wildman–Crippen LogP) is 4.01. The van der Waals surface area contributed by atoms with E-state index in [0.717, 1.165) is 11.0 Å². The van der Waals surface area contributed by atoms with Crippen LogP contribution < -0.4 is 5.43 Å². The fraction of sp³-hybridized carbons (Fsp3) is 0.125. The molecule has 3 rings (SSSR count). The third-order valence-corrected chi connectivity index (χ3v) is 3.47. The van der Waals surface area contributed by atoms with Crippen LogP contribution in [0.3, 0.4) is 0 Å². The highest BCUT2D eigenvalue weighted by molar-refractivity contribution is 5.81. The summed E-state index contributed by atoms with van der Waals surface area (Å²) in [7, 11) is 1.87. The van der Waals surface area contributed by atoms with E-state index in [1.807, 2.05) is 35.9 Å². The number of para-hydroxylation sites is 2. The van der Waals surface area contributed by atoms with E-state index in [9.17, 15) is 10.1 Å². The van der Waals surface area contributed by atoms with Gasteiger partial charge in [0.25, 0.3) is 5.69 Å². The highest BCUT2D eigenvalue weighted by Crippen LogP contribution is 2.20. The largest absolute Gasteiger partial charge is 0.310 e. The summed E-state index contributed by atoms with van der Waals surface area (Å²) in [5.41, 5.74) is 5.22. The van der Waals surface area contributed by atoms with Crippen LogP contribution in [-0.2, 0) is 7.05 Å². The Hall–Kier alpha value is -3.62. The maximum atomic E-state index is 10.6. The number of nitrogens with one attached hydrogen (secondary N) is 1. The number of aryl methyl sites for hydroxylation is 1.